The van der Waals surface area contributed by atoms with Crippen LogP contribution in [0.15, 0.2) is 53.3 Å². The van der Waals surface area contributed by atoms with Crippen LogP contribution in [-0.4, -0.2) is 34.4 Å². The highest BCUT2D eigenvalue weighted by atomic mass is 16.5. The number of benzene rings is 2. The molecular formula is C23H23N3O3. The smallest absolute Gasteiger partial charge is 0.256 e. The van der Waals surface area contributed by atoms with E-state index >= 15 is 0 Å². The van der Waals surface area contributed by atoms with E-state index in [9.17, 15) is 9.59 Å². The van der Waals surface area contributed by atoms with Crippen LogP contribution in [0.1, 0.15) is 38.6 Å². The number of H-pyrrole nitrogens is 1. The number of amides is 1. The zero-order valence-electron chi connectivity index (χ0n) is 16.6. The van der Waals surface area contributed by atoms with Gasteiger partial charge in [-0.1, -0.05) is 29.8 Å². The van der Waals surface area contributed by atoms with Crippen LogP contribution in [-0.2, 0) is 19.4 Å². The molecule has 1 aliphatic rings. The van der Waals surface area contributed by atoms with E-state index < -0.39 is 0 Å². The fourth-order valence-corrected chi connectivity index (χ4v) is 3.59. The third-order valence-electron chi connectivity index (χ3n) is 5.21. The van der Waals surface area contributed by atoms with Crippen molar-refractivity contribution in [2.45, 2.75) is 26.3 Å². The minimum absolute atomic E-state index is 0.0597. The Bertz CT molecular complexity index is 1100. The molecule has 0 fully saturated rings. The summed E-state index contributed by atoms with van der Waals surface area (Å²) < 4.78 is 5.25. The number of aromatic nitrogens is 2. The first kappa shape index (κ1) is 18.9. The number of aryl methyl sites for hydroxylation is 1. The van der Waals surface area contributed by atoms with Crippen molar-refractivity contribution in [2.24, 2.45) is 0 Å². The molecule has 1 aliphatic heterocycles. The average Bonchev–Trinajstić information content (AvgIpc) is 2.74. The quantitative estimate of drug-likeness (QED) is 0.745. The lowest BCUT2D eigenvalue weighted by Gasteiger charge is -2.28. The number of aromatic amines is 1. The van der Waals surface area contributed by atoms with Crippen LogP contribution in [0.25, 0.3) is 0 Å². The fourth-order valence-electron chi connectivity index (χ4n) is 3.59. The molecule has 2 aromatic carbocycles. The van der Waals surface area contributed by atoms with Gasteiger partial charge in [0.15, 0.2) is 0 Å². The topological polar surface area (TPSA) is 75.3 Å². The summed E-state index contributed by atoms with van der Waals surface area (Å²) in [5, 5.41) is 0. The van der Waals surface area contributed by atoms with Gasteiger partial charge in [-0.05, 0) is 36.8 Å². The molecule has 0 bridgehead atoms. The first-order valence-corrected chi connectivity index (χ1v) is 9.63. The molecule has 29 heavy (non-hydrogen) atoms. The van der Waals surface area contributed by atoms with Crippen molar-refractivity contribution in [2.75, 3.05) is 13.7 Å². The molecular weight excluding hydrogens is 366 g/mol. The molecule has 1 amide bonds. The zero-order chi connectivity index (χ0) is 20.4. The van der Waals surface area contributed by atoms with Crippen LogP contribution in [0.2, 0.25) is 0 Å². The van der Waals surface area contributed by atoms with Crippen molar-refractivity contribution in [1.82, 2.24) is 14.9 Å². The second kappa shape index (κ2) is 7.91. The molecule has 0 saturated heterocycles. The van der Waals surface area contributed by atoms with Gasteiger partial charge in [-0.25, -0.2) is 4.98 Å². The van der Waals surface area contributed by atoms with Crippen LogP contribution in [0.5, 0.6) is 5.75 Å². The number of carbonyl (C=O) groups is 1. The summed E-state index contributed by atoms with van der Waals surface area (Å²) >= 11 is 0. The fraction of sp³-hybridized carbons (Fsp3) is 0.261. The van der Waals surface area contributed by atoms with Crippen molar-refractivity contribution < 1.29 is 9.53 Å². The van der Waals surface area contributed by atoms with E-state index in [1.54, 1.807) is 12.0 Å². The van der Waals surface area contributed by atoms with Gasteiger partial charge in [-0.3, -0.25) is 9.59 Å². The third-order valence-corrected chi connectivity index (χ3v) is 5.21. The van der Waals surface area contributed by atoms with Crippen LogP contribution in [0, 0.1) is 6.92 Å². The SMILES string of the molecule is COc1cccc(Cc2nc3c(c(=O)[nH]2)CN(C(=O)c2ccc(C)cc2)CC3)c1. The number of rotatable bonds is 4. The molecule has 0 saturated carbocycles. The molecule has 0 spiro atoms. The van der Waals surface area contributed by atoms with E-state index in [-0.39, 0.29) is 18.0 Å². The number of methoxy groups -OCH3 is 1. The molecule has 0 unspecified atom stereocenters. The third kappa shape index (κ3) is 4.06. The summed E-state index contributed by atoms with van der Waals surface area (Å²) in [6.07, 6.45) is 1.09. The van der Waals surface area contributed by atoms with E-state index in [0.717, 1.165) is 22.6 Å². The van der Waals surface area contributed by atoms with E-state index in [0.29, 0.717) is 36.3 Å². The second-order valence-electron chi connectivity index (χ2n) is 7.31. The first-order chi connectivity index (χ1) is 14.0. The first-order valence-electron chi connectivity index (χ1n) is 9.63. The molecule has 1 aromatic heterocycles. The Labute approximate surface area is 169 Å². The number of nitrogens with one attached hydrogen (secondary N) is 1. The number of fused-ring (bicyclic) bond motifs is 1. The van der Waals surface area contributed by atoms with Gasteiger partial charge < -0.3 is 14.6 Å². The summed E-state index contributed by atoms with van der Waals surface area (Å²) in [5.41, 5.74) is 3.94. The summed E-state index contributed by atoms with van der Waals surface area (Å²) in [4.78, 5) is 34.7. The largest absolute Gasteiger partial charge is 0.497 e. The van der Waals surface area contributed by atoms with Crippen molar-refractivity contribution >= 4 is 5.91 Å². The molecule has 0 atom stereocenters. The van der Waals surface area contributed by atoms with E-state index in [1.165, 1.54) is 0 Å². The highest BCUT2D eigenvalue weighted by Gasteiger charge is 2.25. The Kier molecular flexibility index (Phi) is 5.16. The van der Waals surface area contributed by atoms with Gasteiger partial charge in [-0.2, -0.15) is 0 Å². The minimum atomic E-state index is -0.172. The number of hydrogen-bond acceptors (Lipinski definition) is 4. The van der Waals surface area contributed by atoms with Crippen molar-refractivity contribution in [3.05, 3.63) is 92.7 Å². The van der Waals surface area contributed by atoms with Crippen LogP contribution >= 0.6 is 0 Å². The van der Waals surface area contributed by atoms with Crippen LogP contribution in [0.4, 0.5) is 0 Å². The van der Waals surface area contributed by atoms with Crippen LogP contribution in [0.3, 0.4) is 0 Å². The van der Waals surface area contributed by atoms with E-state index in [4.69, 9.17) is 4.74 Å². The lowest BCUT2D eigenvalue weighted by atomic mass is 10.0. The lowest BCUT2D eigenvalue weighted by Crippen LogP contribution is -2.39. The minimum Gasteiger partial charge on any atom is -0.497 e. The number of carbonyl (C=O) groups excluding carboxylic acids is 1. The monoisotopic (exact) mass is 389 g/mol. The maximum Gasteiger partial charge on any atom is 0.256 e. The van der Waals surface area contributed by atoms with Gasteiger partial charge in [0, 0.05) is 24.9 Å². The van der Waals surface area contributed by atoms with Crippen molar-refractivity contribution in [3.63, 3.8) is 0 Å². The van der Waals surface area contributed by atoms with E-state index in [1.807, 2.05) is 55.5 Å². The van der Waals surface area contributed by atoms with Gasteiger partial charge in [0.25, 0.3) is 11.5 Å². The standard InChI is InChI=1S/C23H23N3O3/c1-15-6-8-17(9-7-15)23(28)26-11-10-20-19(14-26)22(27)25-21(24-20)13-16-4-3-5-18(12-16)29-2/h3-9,12H,10-11,13-14H2,1-2H3,(H,24,25,27). The summed E-state index contributed by atoms with van der Waals surface area (Å²) in [7, 11) is 1.63. The lowest BCUT2D eigenvalue weighted by molar-refractivity contribution is 0.0732. The Morgan fingerprint density at radius 1 is 1.21 bits per heavy atom. The highest BCUT2D eigenvalue weighted by molar-refractivity contribution is 5.94. The van der Waals surface area contributed by atoms with E-state index in [2.05, 4.69) is 9.97 Å². The molecule has 148 valence electrons. The van der Waals surface area contributed by atoms with Gasteiger partial charge in [0.05, 0.1) is 24.9 Å². The predicted molar refractivity (Wildman–Crippen MR) is 110 cm³/mol. The number of hydrogen-bond donors (Lipinski definition) is 1. The van der Waals surface area contributed by atoms with Crippen molar-refractivity contribution in [1.29, 1.82) is 0 Å². The van der Waals surface area contributed by atoms with Gasteiger partial charge in [0.2, 0.25) is 0 Å². The maximum atomic E-state index is 12.8. The molecule has 6 heteroatoms. The van der Waals surface area contributed by atoms with Crippen molar-refractivity contribution in [3.8, 4) is 5.75 Å². The summed E-state index contributed by atoms with van der Waals surface area (Å²) in [6, 6.07) is 15.2. The normalized spacial score (nSPS) is 13.1. The average molecular weight is 389 g/mol. The molecule has 3 aromatic rings. The zero-order valence-corrected chi connectivity index (χ0v) is 16.6. The summed E-state index contributed by atoms with van der Waals surface area (Å²) in [5.74, 6) is 1.34. The number of ether oxygens (including phenoxy) is 1. The molecule has 1 N–H and O–H groups in total. The number of nitrogens with zero attached hydrogens (tertiary/aromatic N) is 2. The molecule has 4 rings (SSSR count). The molecule has 0 aliphatic carbocycles. The Morgan fingerprint density at radius 3 is 2.76 bits per heavy atom. The molecule has 2 heterocycles. The van der Waals surface area contributed by atoms with Crippen LogP contribution < -0.4 is 10.3 Å². The van der Waals surface area contributed by atoms with Gasteiger partial charge in [0.1, 0.15) is 11.6 Å². The summed E-state index contributed by atoms with van der Waals surface area (Å²) in [6.45, 7) is 2.82. The maximum absolute atomic E-state index is 12.8. The molecule has 6 nitrogen and oxygen atoms in total. The Hall–Kier alpha value is -3.41. The second-order valence-corrected chi connectivity index (χ2v) is 7.31. The van der Waals surface area contributed by atoms with Gasteiger partial charge in [-0.15, -0.1) is 0 Å². The Morgan fingerprint density at radius 2 is 2.00 bits per heavy atom. The molecule has 0 radical (unpaired) electrons. The van der Waals surface area contributed by atoms with Gasteiger partial charge >= 0.3 is 0 Å². The Balaban J connectivity index is 1.54. The highest BCUT2D eigenvalue weighted by Crippen LogP contribution is 2.19. The predicted octanol–water partition coefficient (Wildman–Crippen LogP) is 2.88.